The highest BCUT2D eigenvalue weighted by Crippen LogP contribution is 2.21. The zero-order valence-corrected chi connectivity index (χ0v) is 11.5. The highest BCUT2D eigenvalue weighted by Gasteiger charge is 2.29. The van der Waals surface area contributed by atoms with Gasteiger partial charge in [0.15, 0.2) is 0 Å². The number of amides is 2. The maximum absolute atomic E-state index is 12.4. The molecule has 0 spiro atoms. The van der Waals surface area contributed by atoms with Crippen molar-refractivity contribution in [2.45, 2.75) is 26.7 Å². The molecule has 0 saturated carbocycles. The molecule has 0 aliphatic carbocycles. The summed E-state index contributed by atoms with van der Waals surface area (Å²) in [5, 5.41) is 6.46. The van der Waals surface area contributed by atoms with Crippen molar-refractivity contribution < 1.29 is 14.1 Å². The number of hydrogen-bond acceptors (Lipinski definition) is 4. The first-order valence-electron chi connectivity index (χ1n) is 6.48. The van der Waals surface area contributed by atoms with E-state index in [1.165, 1.54) is 0 Å². The zero-order valence-electron chi connectivity index (χ0n) is 11.5. The van der Waals surface area contributed by atoms with E-state index in [2.05, 4.69) is 10.5 Å². The van der Waals surface area contributed by atoms with Gasteiger partial charge in [-0.05, 0) is 26.7 Å². The van der Waals surface area contributed by atoms with E-state index in [4.69, 9.17) is 4.52 Å². The molecule has 6 heteroatoms. The average molecular weight is 265 g/mol. The van der Waals surface area contributed by atoms with Crippen molar-refractivity contribution in [3.05, 3.63) is 17.0 Å². The second-order valence-corrected chi connectivity index (χ2v) is 4.88. The fraction of sp³-hybridized carbons (Fsp3) is 0.615. The molecule has 1 fully saturated rings. The van der Waals surface area contributed by atoms with Crippen LogP contribution >= 0.6 is 0 Å². The summed E-state index contributed by atoms with van der Waals surface area (Å²) in [5.74, 6) is 0.575. The summed E-state index contributed by atoms with van der Waals surface area (Å²) in [5.41, 5.74) is 1.18. The second-order valence-electron chi connectivity index (χ2n) is 4.88. The van der Waals surface area contributed by atoms with E-state index in [1.54, 1.807) is 25.8 Å². The Morgan fingerprint density at radius 2 is 1.95 bits per heavy atom. The van der Waals surface area contributed by atoms with Gasteiger partial charge in [0.1, 0.15) is 11.3 Å². The number of aryl methyl sites for hydroxylation is 2. The standard InChI is InChI=1S/C13H19N3O3/c1-8-11(9(2)19-15-8)13(18)16-6-4-10(5-7-16)12(17)14-3/h10H,4-7H2,1-3H3,(H,14,17). The van der Waals surface area contributed by atoms with E-state index in [0.717, 1.165) is 0 Å². The zero-order chi connectivity index (χ0) is 14.0. The summed E-state index contributed by atoms with van der Waals surface area (Å²) >= 11 is 0. The van der Waals surface area contributed by atoms with E-state index in [1.807, 2.05) is 0 Å². The Balaban J connectivity index is 2.02. The number of carbonyl (C=O) groups is 2. The van der Waals surface area contributed by atoms with Gasteiger partial charge in [-0.15, -0.1) is 0 Å². The molecule has 1 aliphatic rings. The number of hydrogen-bond donors (Lipinski definition) is 1. The molecule has 1 aliphatic heterocycles. The number of piperidine rings is 1. The van der Waals surface area contributed by atoms with Crippen LogP contribution in [0, 0.1) is 19.8 Å². The van der Waals surface area contributed by atoms with Crippen molar-refractivity contribution >= 4 is 11.8 Å². The Morgan fingerprint density at radius 3 is 2.42 bits per heavy atom. The third-order valence-corrected chi connectivity index (χ3v) is 3.65. The van der Waals surface area contributed by atoms with Crippen LogP contribution in [0.4, 0.5) is 0 Å². The Kier molecular flexibility index (Phi) is 3.87. The van der Waals surface area contributed by atoms with Crippen molar-refractivity contribution in [1.82, 2.24) is 15.4 Å². The van der Waals surface area contributed by atoms with E-state index in [9.17, 15) is 9.59 Å². The molecule has 0 bridgehead atoms. The van der Waals surface area contributed by atoms with Crippen LogP contribution in [0.15, 0.2) is 4.52 Å². The molecule has 1 saturated heterocycles. The summed E-state index contributed by atoms with van der Waals surface area (Å²) in [7, 11) is 1.64. The van der Waals surface area contributed by atoms with Gasteiger partial charge in [0.25, 0.3) is 5.91 Å². The molecule has 0 unspecified atom stereocenters. The predicted molar refractivity (Wildman–Crippen MR) is 68.7 cm³/mol. The highest BCUT2D eigenvalue weighted by atomic mass is 16.5. The number of nitrogens with zero attached hydrogens (tertiary/aromatic N) is 2. The maximum atomic E-state index is 12.4. The second kappa shape index (κ2) is 5.42. The van der Waals surface area contributed by atoms with Crippen LogP contribution in [0.1, 0.15) is 34.7 Å². The predicted octanol–water partition coefficient (Wildman–Crippen LogP) is 0.890. The molecule has 6 nitrogen and oxygen atoms in total. The van der Waals surface area contributed by atoms with Gasteiger partial charge < -0.3 is 14.7 Å². The molecule has 19 heavy (non-hydrogen) atoms. The molecule has 1 aromatic heterocycles. The third-order valence-electron chi connectivity index (χ3n) is 3.65. The topological polar surface area (TPSA) is 75.4 Å². The van der Waals surface area contributed by atoms with Crippen LogP contribution in [0.3, 0.4) is 0 Å². The summed E-state index contributed by atoms with van der Waals surface area (Å²) in [6.45, 7) is 4.70. The molecule has 104 valence electrons. The normalized spacial score (nSPS) is 16.5. The Hall–Kier alpha value is -1.85. The molecule has 2 amide bonds. The first kappa shape index (κ1) is 13.6. The first-order valence-corrected chi connectivity index (χ1v) is 6.48. The van der Waals surface area contributed by atoms with Crippen LogP contribution in [-0.4, -0.2) is 42.0 Å². The Labute approximate surface area is 112 Å². The number of likely N-dealkylation sites (tertiary alicyclic amines) is 1. The van der Waals surface area contributed by atoms with Crippen LogP contribution < -0.4 is 5.32 Å². The fourth-order valence-electron chi connectivity index (χ4n) is 2.50. The Bertz CT molecular complexity index is 468. The number of nitrogens with one attached hydrogen (secondary N) is 1. The van der Waals surface area contributed by atoms with Crippen molar-refractivity contribution in [2.75, 3.05) is 20.1 Å². The minimum atomic E-state index is -0.0494. The number of carbonyl (C=O) groups excluding carboxylic acids is 2. The minimum Gasteiger partial charge on any atom is -0.361 e. The average Bonchev–Trinajstić information content (AvgIpc) is 2.77. The van der Waals surface area contributed by atoms with Crippen LogP contribution in [0.5, 0.6) is 0 Å². The lowest BCUT2D eigenvalue weighted by molar-refractivity contribution is -0.125. The van der Waals surface area contributed by atoms with Gasteiger partial charge in [-0.3, -0.25) is 9.59 Å². The number of aromatic nitrogens is 1. The minimum absolute atomic E-state index is 0.0127. The molecule has 1 N–H and O–H groups in total. The van der Waals surface area contributed by atoms with Crippen molar-refractivity contribution in [3.63, 3.8) is 0 Å². The lowest BCUT2D eigenvalue weighted by Gasteiger charge is -2.31. The molecular weight excluding hydrogens is 246 g/mol. The summed E-state index contributed by atoms with van der Waals surface area (Å²) < 4.78 is 5.02. The Morgan fingerprint density at radius 1 is 1.32 bits per heavy atom. The van der Waals surface area contributed by atoms with E-state index >= 15 is 0 Å². The van der Waals surface area contributed by atoms with Gasteiger partial charge in [0.05, 0.1) is 5.69 Å². The van der Waals surface area contributed by atoms with Crippen LogP contribution in [0.25, 0.3) is 0 Å². The van der Waals surface area contributed by atoms with Gasteiger partial charge >= 0.3 is 0 Å². The number of rotatable bonds is 2. The molecule has 2 heterocycles. The molecular formula is C13H19N3O3. The van der Waals surface area contributed by atoms with E-state index in [0.29, 0.717) is 42.9 Å². The van der Waals surface area contributed by atoms with Crippen LogP contribution in [0.2, 0.25) is 0 Å². The lowest BCUT2D eigenvalue weighted by atomic mass is 9.95. The molecule has 0 radical (unpaired) electrons. The third kappa shape index (κ3) is 2.62. The van der Waals surface area contributed by atoms with Gasteiger partial charge in [-0.25, -0.2) is 0 Å². The molecule has 2 rings (SSSR count). The monoisotopic (exact) mass is 265 g/mol. The van der Waals surface area contributed by atoms with E-state index in [-0.39, 0.29) is 17.7 Å². The first-order chi connectivity index (χ1) is 9.04. The van der Waals surface area contributed by atoms with Gasteiger partial charge in [0.2, 0.25) is 5.91 Å². The fourth-order valence-corrected chi connectivity index (χ4v) is 2.50. The largest absolute Gasteiger partial charge is 0.361 e. The maximum Gasteiger partial charge on any atom is 0.259 e. The summed E-state index contributed by atoms with van der Waals surface area (Å²) in [4.78, 5) is 25.7. The summed E-state index contributed by atoms with van der Waals surface area (Å²) in [6, 6.07) is 0. The van der Waals surface area contributed by atoms with Crippen molar-refractivity contribution in [1.29, 1.82) is 0 Å². The SMILES string of the molecule is CNC(=O)C1CCN(C(=O)c2c(C)noc2C)CC1. The molecule has 0 aromatic carbocycles. The van der Waals surface area contributed by atoms with Crippen molar-refractivity contribution in [2.24, 2.45) is 5.92 Å². The van der Waals surface area contributed by atoms with Gasteiger partial charge in [-0.1, -0.05) is 5.16 Å². The van der Waals surface area contributed by atoms with E-state index < -0.39 is 0 Å². The van der Waals surface area contributed by atoms with Crippen molar-refractivity contribution in [3.8, 4) is 0 Å². The van der Waals surface area contributed by atoms with Crippen LogP contribution in [-0.2, 0) is 4.79 Å². The smallest absolute Gasteiger partial charge is 0.259 e. The quantitative estimate of drug-likeness (QED) is 0.861. The van der Waals surface area contributed by atoms with Gasteiger partial charge in [0, 0.05) is 26.1 Å². The van der Waals surface area contributed by atoms with Gasteiger partial charge in [-0.2, -0.15) is 0 Å². The highest BCUT2D eigenvalue weighted by molar-refractivity contribution is 5.96. The lowest BCUT2D eigenvalue weighted by Crippen LogP contribution is -2.42. The summed E-state index contributed by atoms with van der Waals surface area (Å²) in [6.07, 6.45) is 1.41. The molecule has 1 aromatic rings. The molecule has 0 atom stereocenters.